The van der Waals surface area contributed by atoms with E-state index in [-0.39, 0.29) is 0 Å². The minimum atomic E-state index is 0.586. The summed E-state index contributed by atoms with van der Waals surface area (Å²) in [5, 5.41) is 2.32. The minimum absolute atomic E-state index is 0.586. The van der Waals surface area contributed by atoms with Crippen LogP contribution in [-0.4, -0.2) is 19.5 Å². The van der Waals surface area contributed by atoms with Crippen LogP contribution in [0.3, 0.4) is 0 Å². The average Bonchev–Trinajstić information content (AvgIpc) is 3.43. The summed E-state index contributed by atoms with van der Waals surface area (Å²) in [6.45, 7) is 0. The van der Waals surface area contributed by atoms with Crippen molar-refractivity contribution in [2.45, 2.75) is 0 Å². The molecule has 0 spiro atoms. The predicted molar refractivity (Wildman–Crippen MR) is 176 cm³/mol. The fourth-order valence-corrected chi connectivity index (χ4v) is 5.85. The van der Waals surface area contributed by atoms with E-state index in [2.05, 4.69) is 102 Å². The number of fused-ring (bicyclic) bond motifs is 3. The fraction of sp³-hybridized carbons (Fsp3) is 0. The monoisotopic (exact) mass is 550 g/mol. The summed E-state index contributed by atoms with van der Waals surface area (Å²) in [6, 6.07) is 54.5. The maximum atomic E-state index is 5.12. The van der Waals surface area contributed by atoms with E-state index in [1.165, 1.54) is 16.5 Å². The molecule has 0 N–H and O–H groups in total. The third-order valence-corrected chi connectivity index (χ3v) is 7.85. The van der Waals surface area contributed by atoms with E-state index in [4.69, 9.17) is 15.0 Å². The van der Waals surface area contributed by atoms with Crippen molar-refractivity contribution in [1.82, 2.24) is 19.5 Å². The maximum Gasteiger partial charge on any atom is 0.238 e. The van der Waals surface area contributed by atoms with Crippen LogP contribution in [0, 0.1) is 0 Å². The van der Waals surface area contributed by atoms with Crippen molar-refractivity contribution in [3.63, 3.8) is 0 Å². The highest BCUT2D eigenvalue weighted by atomic mass is 15.2. The molecule has 8 rings (SSSR count). The van der Waals surface area contributed by atoms with Crippen LogP contribution in [0.5, 0.6) is 0 Å². The quantitative estimate of drug-likeness (QED) is 0.214. The van der Waals surface area contributed by atoms with Gasteiger partial charge in [-0.2, -0.15) is 9.97 Å². The number of para-hydroxylation sites is 1. The maximum absolute atomic E-state index is 5.12. The normalized spacial score (nSPS) is 11.3. The van der Waals surface area contributed by atoms with E-state index in [1.807, 2.05) is 60.7 Å². The second-order valence-electron chi connectivity index (χ2n) is 10.5. The Labute approximate surface area is 249 Å². The van der Waals surface area contributed by atoms with Crippen molar-refractivity contribution >= 4 is 21.8 Å². The topological polar surface area (TPSA) is 43.6 Å². The Morgan fingerprint density at radius 3 is 1.44 bits per heavy atom. The molecule has 6 aromatic carbocycles. The highest BCUT2D eigenvalue weighted by Gasteiger charge is 2.21. The zero-order chi connectivity index (χ0) is 28.6. The van der Waals surface area contributed by atoms with Gasteiger partial charge in [0.05, 0.1) is 11.0 Å². The standard InChI is InChI=1S/C39H26N4/c1-5-15-27(16-6-1)31-25-33(28-17-7-2-8-18-28)36-32-23-13-14-24-34(32)43(35(36)26-31)39-41-37(29-19-9-3-10-20-29)40-38(42-39)30-21-11-4-12-22-30/h1-26H. The Morgan fingerprint density at radius 1 is 0.372 bits per heavy atom. The van der Waals surface area contributed by atoms with Gasteiger partial charge in [0.15, 0.2) is 11.6 Å². The minimum Gasteiger partial charge on any atom is -0.278 e. The van der Waals surface area contributed by atoms with Crippen LogP contribution in [-0.2, 0) is 0 Å². The molecule has 0 atom stereocenters. The van der Waals surface area contributed by atoms with Gasteiger partial charge in [-0.25, -0.2) is 4.98 Å². The number of nitrogens with zero attached hydrogens (tertiary/aromatic N) is 4. The van der Waals surface area contributed by atoms with E-state index in [1.54, 1.807) is 0 Å². The van der Waals surface area contributed by atoms with Gasteiger partial charge < -0.3 is 0 Å². The van der Waals surface area contributed by atoms with Crippen molar-refractivity contribution in [3.05, 3.63) is 158 Å². The van der Waals surface area contributed by atoms with Gasteiger partial charge in [-0.15, -0.1) is 0 Å². The first kappa shape index (κ1) is 24.9. The smallest absolute Gasteiger partial charge is 0.238 e. The van der Waals surface area contributed by atoms with Crippen molar-refractivity contribution < 1.29 is 0 Å². The van der Waals surface area contributed by atoms with Crippen LogP contribution in [0.15, 0.2) is 158 Å². The van der Waals surface area contributed by atoms with Gasteiger partial charge in [0, 0.05) is 21.9 Å². The summed E-state index contributed by atoms with van der Waals surface area (Å²) in [7, 11) is 0. The van der Waals surface area contributed by atoms with Crippen LogP contribution >= 0.6 is 0 Å². The van der Waals surface area contributed by atoms with Gasteiger partial charge in [0.1, 0.15) is 0 Å². The van der Waals surface area contributed by atoms with Crippen LogP contribution in [0.2, 0.25) is 0 Å². The second-order valence-corrected chi connectivity index (χ2v) is 10.5. The molecular weight excluding hydrogens is 524 g/mol. The Kier molecular flexibility index (Phi) is 6.08. The first-order valence-electron chi connectivity index (χ1n) is 14.4. The number of aromatic nitrogens is 4. The molecule has 0 aliphatic carbocycles. The summed E-state index contributed by atoms with van der Waals surface area (Å²) < 4.78 is 2.20. The first-order valence-corrected chi connectivity index (χ1v) is 14.4. The van der Waals surface area contributed by atoms with Gasteiger partial charge in [-0.05, 0) is 40.5 Å². The van der Waals surface area contributed by atoms with E-state index in [0.29, 0.717) is 17.6 Å². The highest BCUT2D eigenvalue weighted by Crippen LogP contribution is 2.41. The zero-order valence-corrected chi connectivity index (χ0v) is 23.3. The van der Waals surface area contributed by atoms with Gasteiger partial charge in [-0.3, -0.25) is 4.57 Å². The van der Waals surface area contributed by atoms with Gasteiger partial charge >= 0.3 is 0 Å². The molecule has 4 heteroatoms. The molecule has 8 aromatic rings. The number of benzene rings is 6. The lowest BCUT2D eigenvalue weighted by Crippen LogP contribution is -2.06. The second kappa shape index (κ2) is 10.5. The van der Waals surface area contributed by atoms with Gasteiger partial charge in [-0.1, -0.05) is 140 Å². The lowest BCUT2D eigenvalue weighted by molar-refractivity contribution is 0.953. The average molecular weight is 551 g/mol. The molecule has 202 valence electrons. The SMILES string of the molecule is c1ccc(-c2cc(-c3ccccc3)c3c4ccccc4n(-c4nc(-c5ccccc5)nc(-c5ccccc5)n4)c3c2)cc1. The van der Waals surface area contributed by atoms with Crippen LogP contribution in [0.1, 0.15) is 0 Å². The summed E-state index contributed by atoms with van der Waals surface area (Å²) >= 11 is 0. The molecule has 43 heavy (non-hydrogen) atoms. The lowest BCUT2D eigenvalue weighted by atomic mass is 9.94. The molecule has 2 heterocycles. The van der Waals surface area contributed by atoms with Crippen molar-refractivity contribution in [3.8, 4) is 51.0 Å². The van der Waals surface area contributed by atoms with E-state index in [0.717, 1.165) is 38.7 Å². The van der Waals surface area contributed by atoms with E-state index < -0.39 is 0 Å². The van der Waals surface area contributed by atoms with Gasteiger partial charge in [0.2, 0.25) is 5.95 Å². The molecule has 0 bridgehead atoms. The van der Waals surface area contributed by atoms with Crippen LogP contribution in [0.4, 0.5) is 0 Å². The lowest BCUT2D eigenvalue weighted by Gasteiger charge is -2.13. The molecule has 0 saturated heterocycles. The Bertz CT molecular complexity index is 2150. The van der Waals surface area contributed by atoms with Crippen molar-refractivity contribution in [2.24, 2.45) is 0 Å². The summed E-state index contributed by atoms with van der Waals surface area (Å²) in [5.74, 6) is 1.86. The molecule has 0 aliphatic rings. The molecule has 0 aliphatic heterocycles. The van der Waals surface area contributed by atoms with E-state index >= 15 is 0 Å². The van der Waals surface area contributed by atoms with Gasteiger partial charge in [0.25, 0.3) is 0 Å². The molecule has 0 unspecified atom stereocenters. The van der Waals surface area contributed by atoms with Crippen molar-refractivity contribution in [2.75, 3.05) is 0 Å². The molecule has 0 saturated carbocycles. The Hall–Kier alpha value is -5.87. The summed E-state index contributed by atoms with van der Waals surface area (Å²) in [4.78, 5) is 15.2. The van der Waals surface area contributed by atoms with Crippen molar-refractivity contribution in [1.29, 1.82) is 0 Å². The van der Waals surface area contributed by atoms with E-state index in [9.17, 15) is 0 Å². The first-order chi connectivity index (χ1) is 21.3. The number of hydrogen-bond acceptors (Lipinski definition) is 3. The van der Waals surface area contributed by atoms with Crippen LogP contribution < -0.4 is 0 Å². The predicted octanol–water partition coefficient (Wildman–Crippen LogP) is 9.64. The van der Waals surface area contributed by atoms with Crippen LogP contribution in [0.25, 0.3) is 72.8 Å². The third kappa shape index (κ3) is 4.46. The molecule has 0 radical (unpaired) electrons. The summed E-state index contributed by atoms with van der Waals surface area (Å²) in [6.07, 6.45) is 0. The Balaban J connectivity index is 1.50. The highest BCUT2D eigenvalue weighted by molar-refractivity contribution is 6.16. The molecule has 2 aromatic heterocycles. The third-order valence-electron chi connectivity index (χ3n) is 7.85. The number of hydrogen-bond donors (Lipinski definition) is 0. The Morgan fingerprint density at radius 2 is 0.860 bits per heavy atom. The molecule has 0 fully saturated rings. The molecule has 4 nitrogen and oxygen atoms in total. The fourth-order valence-electron chi connectivity index (χ4n) is 5.85. The number of rotatable bonds is 5. The molecule has 0 amide bonds. The largest absolute Gasteiger partial charge is 0.278 e. The molecular formula is C39H26N4. The zero-order valence-electron chi connectivity index (χ0n) is 23.3. The summed E-state index contributed by atoms with van der Waals surface area (Å²) in [5.41, 5.74) is 8.61.